The van der Waals surface area contributed by atoms with Gasteiger partial charge in [0.2, 0.25) is 0 Å². The number of esters is 4. The zero-order chi connectivity index (χ0) is 41.1. The summed E-state index contributed by atoms with van der Waals surface area (Å²) in [5.74, 6) is -6.48. The van der Waals surface area contributed by atoms with Crippen molar-refractivity contribution in [3.8, 4) is 0 Å². The Kier molecular flexibility index (Phi) is 10.0. The summed E-state index contributed by atoms with van der Waals surface area (Å²) < 4.78 is 23.1. The average molecular weight is 795 g/mol. The fourth-order valence-corrected chi connectivity index (χ4v) is 7.74. The van der Waals surface area contributed by atoms with Crippen LogP contribution in [0.15, 0.2) is 181 Å². The first-order valence-electron chi connectivity index (χ1n) is 19.6. The minimum absolute atomic E-state index is 0.0400. The van der Waals surface area contributed by atoms with Crippen LogP contribution in [0, 0.1) is 0 Å². The molecule has 6 aromatic carbocycles. The lowest BCUT2D eigenvalue weighted by molar-refractivity contribution is -0.291. The van der Waals surface area contributed by atoms with Gasteiger partial charge < -0.3 is 28.7 Å². The molecule has 2 aliphatic heterocycles. The molecule has 296 valence electrons. The van der Waals surface area contributed by atoms with Gasteiger partial charge >= 0.3 is 23.9 Å². The first kappa shape index (κ1) is 37.8. The molecule has 0 amide bonds. The number of hydrogen-bond donors (Lipinski definition) is 0. The molecule has 2 heterocycles. The van der Waals surface area contributed by atoms with E-state index in [1.54, 1.807) is 0 Å². The molecular formula is C50H38N2O8. The quantitative estimate of drug-likeness (QED) is 0.0839. The van der Waals surface area contributed by atoms with Crippen molar-refractivity contribution >= 4 is 70.2 Å². The molecule has 6 aromatic rings. The lowest BCUT2D eigenvalue weighted by atomic mass is 9.87. The number of benzene rings is 6. The molecule has 0 aromatic heterocycles. The van der Waals surface area contributed by atoms with E-state index in [4.69, 9.17) is 18.9 Å². The van der Waals surface area contributed by atoms with Crippen molar-refractivity contribution in [2.75, 3.05) is 9.80 Å². The SMILES string of the molecule is O=C1OC2(CCC3(CC2)OC(=O)C(=Cc2ccc(N(c4ccccc4)c4ccccc4)cc2)C(=O)O3)OC(=O)C1=Cc1ccc(N(c2ccccc2)c2ccccc2)cc1. The molecule has 2 spiro atoms. The maximum absolute atomic E-state index is 13.3. The van der Waals surface area contributed by atoms with Crippen LogP contribution in [-0.2, 0) is 38.1 Å². The van der Waals surface area contributed by atoms with Crippen molar-refractivity contribution < 1.29 is 38.1 Å². The molecule has 10 nitrogen and oxygen atoms in total. The maximum Gasteiger partial charge on any atom is 0.348 e. The normalized spacial score (nSPS) is 19.8. The summed E-state index contributed by atoms with van der Waals surface area (Å²) in [4.78, 5) is 57.6. The van der Waals surface area contributed by atoms with E-state index in [-0.39, 0.29) is 36.8 Å². The third kappa shape index (κ3) is 7.66. The Bertz CT molecular complexity index is 2300. The van der Waals surface area contributed by atoms with Gasteiger partial charge in [-0.3, -0.25) is 0 Å². The van der Waals surface area contributed by atoms with E-state index >= 15 is 0 Å². The van der Waals surface area contributed by atoms with Gasteiger partial charge in [-0.25, -0.2) is 19.2 Å². The molecule has 1 saturated carbocycles. The highest BCUT2D eigenvalue weighted by Crippen LogP contribution is 2.46. The van der Waals surface area contributed by atoms with Crippen LogP contribution in [0.1, 0.15) is 36.8 Å². The van der Waals surface area contributed by atoms with E-state index in [9.17, 15) is 19.2 Å². The molecule has 2 saturated heterocycles. The molecule has 9 rings (SSSR count). The van der Waals surface area contributed by atoms with Crippen LogP contribution < -0.4 is 9.80 Å². The maximum atomic E-state index is 13.3. The summed E-state index contributed by atoms with van der Waals surface area (Å²) in [6, 6.07) is 54.6. The molecule has 0 radical (unpaired) electrons. The predicted octanol–water partition coefficient (Wildman–Crippen LogP) is 10.3. The molecule has 1 aliphatic carbocycles. The molecule has 0 unspecified atom stereocenters. The van der Waals surface area contributed by atoms with Crippen LogP contribution in [0.2, 0.25) is 0 Å². The van der Waals surface area contributed by atoms with Crippen LogP contribution in [0.5, 0.6) is 0 Å². The minimum Gasteiger partial charge on any atom is -0.419 e. The van der Waals surface area contributed by atoms with Crippen molar-refractivity contribution in [1.82, 2.24) is 0 Å². The van der Waals surface area contributed by atoms with Crippen LogP contribution in [-0.4, -0.2) is 35.5 Å². The number of anilines is 6. The molecule has 0 N–H and O–H groups in total. The number of rotatable bonds is 8. The summed E-state index contributed by atoms with van der Waals surface area (Å²) in [5.41, 5.74) is 6.36. The molecule has 0 bridgehead atoms. The molecule has 3 fully saturated rings. The van der Waals surface area contributed by atoms with Crippen molar-refractivity contribution in [1.29, 1.82) is 0 Å². The number of carbonyl (C=O) groups is 4. The summed E-state index contributed by atoms with van der Waals surface area (Å²) in [6.07, 6.45) is 2.72. The fraction of sp³-hybridized carbons (Fsp3) is 0.120. The number of ether oxygens (including phenoxy) is 4. The van der Waals surface area contributed by atoms with E-state index in [0.29, 0.717) is 11.1 Å². The Morgan fingerprint density at radius 2 is 0.567 bits per heavy atom. The van der Waals surface area contributed by atoms with Gasteiger partial charge in [-0.1, -0.05) is 97.1 Å². The summed E-state index contributed by atoms with van der Waals surface area (Å²) in [6.45, 7) is 0. The van der Waals surface area contributed by atoms with Crippen molar-refractivity contribution in [3.05, 3.63) is 192 Å². The van der Waals surface area contributed by atoms with E-state index in [1.165, 1.54) is 12.2 Å². The van der Waals surface area contributed by atoms with Gasteiger partial charge in [0.1, 0.15) is 11.1 Å². The largest absolute Gasteiger partial charge is 0.419 e. The van der Waals surface area contributed by atoms with E-state index < -0.39 is 35.5 Å². The van der Waals surface area contributed by atoms with E-state index in [2.05, 4.69) is 9.80 Å². The highest BCUT2D eigenvalue weighted by molar-refractivity contribution is 6.19. The Balaban J connectivity index is 0.849. The van der Waals surface area contributed by atoms with Crippen molar-refractivity contribution in [3.63, 3.8) is 0 Å². The average Bonchev–Trinajstić information content (AvgIpc) is 3.28. The Labute approximate surface area is 346 Å². The summed E-state index contributed by atoms with van der Waals surface area (Å²) in [5, 5.41) is 0. The van der Waals surface area contributed by atoms with Gasteiger partial charge in [0.05, 0.1) is 0 Å². The van der Waals surface area contributed by atoms with E-state index in [1.807, 2.05) is 170 Å². The van der Waals surface area contributed by atoms with Gasteiger partial charge in [0, 0.05) is 59.8 Å². The second-order valence-electron chi connectivity index (χ2n) is 14.7. The fourth-order valence-electron chi connectivity index (χ4n) is 7.74. The zero-order valence-electron chi connectivity index (χ0n) is 32.3. The lowest BCUT2D eigenvalue weighted by Gasteiger charge is -2.46. The first-order chi connectivity index (χ1) is 29.3. The zero-order valence-corrected chi connectivity index (χ0v) is 32.3. The Morgan fingerprint density at radius 1 is 0.333 bits per heavy atom. The number of para-hydroxylation sites is 4. The van der Waals surface area contributed by atoms with Gasteiger partial charge in [-0.05, 0) is 96.1 Å². The van der Waals surface area contributed by atoms with Gasteiger partial charge in [0.15, 0.2) is 0 Å². The topological polar surface area (TPSA) is 112 Å². The molecule has 0 atom stereocenters. The standard InChI is InChI=1S/C50H38N2O8/c53-45-43(33-35-21-25-41(26-22-35)51(37-13-5-1-6-14-37)38-15-7-2-8-16-38)46(54)58-49(57-45)29-31-50(32-30-49)59-47(55)44(48(56)60-50)34-36-23-27-42(28-24-36)52(39-17-9-3-10-18-39)40-19-11-4-12-20-40/h1-28,33-34H,29-32H2. The Hall–Kier alpha value is -7.72. The third-order valence-electron chi connectivity index (χ3n) is 10.8. The van der Waals surface area contributed by atoms with Crippen LogP contribution in [0.25, 0.3) is 12.2 Å². The first-order valence-corrected chi connectivity index (χ1v) is 19.6. The second kappa shape index (κ2) is 15.9. The second-order valence-corrected chi connectivity index (χ2v) is 14.7. The van der Waals surface area contributed by atoms with E-state index in [0.717, 1.165) is 34.1 Å². The monoisotopic (exact) mass is 794 g/mol. The summed E-state index contributed by atoms with van der Waals surface area (Å²) >= 11 is 0. The number of carbonyl (C=O) groups excluding carboxylic acids is 4. The van der Waals surface area contributed by atoms with Crippen LogP contribution in [0.3, 0.4) is 0 Å². The van der Waals surface area contributed by atoms with Gasteiger partial charge in [-0.15, -0.1) is 0 Å². The number of hydrogen-bond acceptors (Lipinski definition) is 10. The van der Waals surface area contributed by atoms with Gasteiger partial charge in [0.25, 0.3) is 11.6 Å². The number of nitrogens with zero attached hydrogens (tertiary/aromatic N) is 2. The third-order valence-corrected chi connectivity index (χ3v) is 10.8. The van der Waals surface area contributed by atoms with Crippen LogP contribution >= 0.6 is 0 Å². The highest BCUT2D eigenvalue weighted by Gasteiger charge is 2.56. The molecular weight excluding hydrogens is 757 g/mol. The molecule has 60 heavy (non-hydrogen) atoms. The molecule has 10 heteroatoms. The van der Waals surface area contributed by atoms with Crippen molar-refractivity contribution in [2.24, 2.45) is 0 Å². The predicted molar refractivity (Wildman–Crippen MR) is 227 cm³/mol. The molecule has 3 aliphatic rings. The lowest BCUT2D eigenvalue weighted by Crippen LogP contribution is -2.56. The minimum atomic E-state index is -1.59. The smallest absolute Gasteiger partial charge is 0.348 e. The van der Waals surface area contributed by atoms with Crippen molar-refractivity contribution in [2.45, 2.75) is 37.3 Å². The summed E-state index contributed by atoms with van der Waals surface area (Å²) in [7, 11) is 0. The van der Waals surface area contributed by atoms with Gasteiger partial charge in [-0.2, -0.15) is 0 Å². The van der Waals surface area contributed by atoms with Crippen LogP contribution in [0.4, 0.5) is 34.1 Å². The highest BCUT2D eigenvalue weighted by atomic mass is 16.8. The Morgan fingerprint density at radius 3 is 0.817 bits per heavy atom.